The number of alkyl halides is 2. The zero-order valence-corrected chi connectivity index (χ0v) is 22.8. The quantitative estimate of drug-likeness (QED) is 0.0929. The minimum atomic E-state index is -4.58. The van der Waals surface area contributed by atoms with E-state index in [0.717, 1.165) is 55.0 Å². The molecule has 0 saturated carbocycles. The molecule has 0 fully saturated rings. The van der Waals surface area contributed by atoms with Crippen LogP contribution in [-0.4, -0.2) is 0 Å². The summed E-state index contributed by atoms with van der Waals surface area (Å²) in [5.74, 6) is -9.75. The van der Waals surface area contributed by atoms with Gasteiger partial charge in [-0.05, 0) is 82.9 Å². The second-order valence-corrected chi connectivity index (χ2v) is 10.2. The van der Waals surface area contributed by atoms with E-state index in [-0.39, 0.29) is 16.5 Å². The van der Waals surface area contributed by atoms with Crippen molar-refractivity contribution in [3.63, 3.8) is 0 Å². The molecule has 0 radical (unpaired) electrons. The van der Waals surface area contributed by atoms with Crippen molar-refractivity contribution >= 4 is 10.8 Å². The van der Waals surface area contributed by atoms with Crippen molar-refractivity contribution in [3.05, 3.63) is 125 Å². The highest BCUT2D eigenvalue weighted by Gasteiger charge is 2.41. The Morgan fingerprint density at radius 2 is 1.26 bits per heavy atom. The van der Waals surface area contributed by atoms with Gasteiger partial charge in [-0.1, -0.05) is 56.2 Å². The maximum Gasteiger partial charge on any atom is 0.432 e. The first-order chi connectivity index (χ1) is 20.5. The molecule has 0 spiro atoms. The number of aryl methyl sites for hydroxylation is 1. The summed E-state index contributed by atoms with van der Waals surface area (Å²) >= 11 is 0. The van der Waals surface area contributed by atoms with Crippen LogP contribution in [0.1, 0.15) is 37.3 Å². The molecule has 5 aromatic rings. The van der Waals surface area contributed by atoms with Gasteiger partial charge >= 0.3 is 6.11 Å². The second-order valence-electron chi connectivity index (χ2n) is 10.2. The number of fused-ring (bicyclic) bond motifs is 1. The third-order valence-corrected chi connectivity index (χ3v) is 7.16. The zero-order valence-electron chi connectivity index (χ0n) is 22.8. The lowest BCUT2D eigenvalue weighted by atomic mass is 9.97. The monoisotopic (exact) mass is 600 g/mol. The van der Waals surface area contributed by atoms with E-state index in [4.69, 9.17) is 0 Å². The third kappa shape index (κ3) is 6.21. The highest BCUT2D eigenvalue weighted by molar-refractivity contribution is 5.84. The van der Waals surface area contributed by atoms with Gasteiger partial charge in [0.25, 0.3) is 0 Å². The van der Waals surface area contributed by atoms with E-state index in [2.05, 4.69) is 11.7 Å². The van der Waals surface area contributed by atoms with Crippen molar-refractivity contribution in [2.75, 3.05) is 0 Å². The van der Waals surface area contributed by atoms with Gasteiger partial charge in [0.2, 0.25) is 0 Å². The van der Waals surface area contributed by atoms with Gasteiger partial charge < -0.3 is 4.74 Å². The maximum atomic E-state index is 15.1. The summed E-state index contributed by atoms with van der Waals surface area (Å²) in [6.45, 7) is 2.12. The van der Waals surface area contributed by atoms with Gasteiger partial charge in [0.15, 0.2) is 17.5 Å². The molecule has 0 bridgehead atoms. The molecule has 0 aromatic heterocycles. The Morgan fingerprint density at radius 1 is 0.605 bits per heavy atom. The van der Waals surface area contributed by atoms with E-state index < -0.39 is 57.7 Å². The average molecular weight is 601 g/mol. The van der Waals surface area contributed by atoms with Gasteiger partial charge in [0.05, 0.1) is 0 Å². The van der Waals surface area contributed by atoms with Crippen LogP contribution in [0.3, 0.4) is 0 Å². The summed E-state index contributed by atoms with van der Waals surface area (Å²) in [5.41, 5.74) is 0.141. The van der Waals surface area contributed by atoms with Gasteiger partial charge in [0.1, 0.15) is 28.8 Å². The van der Waals surface area contributed by atoms with E-state index in [1.54, 1.807) is 6.07 Å². The smallest absolute Gasteiger partial charge is 0.429 e. The number of halogens is 8. The van der Waals surface area contributed by atoms with Crippen LogP contribution in [0.15, 0.2) is 78.9 Å². The molecule has 5 aromatic carbocycles. The van der Waals surface area contributed by atoms with E-state index in [9.17, 15) is 30.7 Å². The van der Waals surface area contributed by atoms with E-state index in [1.807, 2.05) is 24.3 Å². The summed E-state index contributed by atoms with van der Waals surface area (Å²) in [6, 6.07) is 15.8. The fourth-order valence-electron chi connectivity index (χ4n) is 4.92. The predicted molar refractivity (Wildman–Crippen MR) is 149 cm³/mol. The highest BCUT2D eigenvalue weighted by Crippen LogP contribution is 2.39. The zero-order chi connectivity index (χ0) is 30.9. The van der Waals surface area contributed by atoms with Crippen molar-refractivity contribution in [1.82, 2.24) is 0 Å². The minimum Gasteiger partial charge on any atom is -0.429 e. The van der Waals surface area contributed by atoms with Crippen LogP contribution in [0.5, 0.6) is 5.75 Å². The van der Waals surface area contributed by atoms with Gasteiger partial charge in [-0.15, -0.1) is 0 Å². The summed E-state index contributed by atoms with van der Waals surface area (Å²) in [4.78, 5) is 0. The van der Waals surface area contributed by atoms with Crippen LogP contribution in [0.2, 0.25) is 0 Å². The van der Waals surface area contributed by atoms with Crippen LogP contribution in [0.25, 0.3) is 33.0 Å². The lowest BCUT2D eigenvalue weighted by Gasteiger charge is -2.20. The standard InChI is InChI=1S/C34H24F8O/c1-2-3-4-5-19-6-8-20(9-7-19)21-10-12-25(27(35)15-21)23-16-28(36)31(29(37)17-23)34(41,42)43-24-11-13-26-22(14-24)18-30(38)33(40)32(26)39/h6-18H,2-5H2,1H3. The van der Waals surface area contributed by atoms with E-state index >= 15 is 4.39 Å². The Morgan fingerprint density at radius 3 is 1.91 bits per heavy atom. The molecule has 222 valence electrons. The molecule has 0 aliphatic heterocycles. The van der Waals surface area contributed by atoms with Crippen LogP contribution in [-0.2, 0) is 12.5 Å². The molecular formula is C34H24F8O. The highest BCUT2D eigenvalue weighted by atomic mass is 19.3. The van der Waals surface area contributed by atoms with Crippen molar-refractivity contribution in [2.45, 2.75) is 38.7 Å². The largest absolute Gasteiger partial charge is 0.432 e. The van der Waals surface area contributed by atoms with Crippen molar-refractivity contribution < 1.29 is 39.9 Å². The predicted octanol–water partition coefficient (Wildman–Crippen LogP) is 10.9. The first-order valence-corrected chi connectivity index (χ1v) is 13.5. The fourth-order valence-corrected chi connectivity index (χ4v) is 4.92. The van der Waals surface area contributed by atoms with Crippen LogP contribution >= 0.6 is 0 Å². The number of hydrogen-bond acceptors (Lipinski definition) is 1. The Balaban J connectivity index is 1.39. The Labute approximate surface area is 242 Å². The molecule has 0 aliphatic carbocycles. The molecule has 9 heteroatoms. The SMILES string of the molecule is CCCCCc1ccc(-c2ccc(-c3cc(F)c(C(F)(F)Oc4ccc5c(F)c(F)c(F)cc5c4)c(F)c3)c(F)c2)cc1. The Hall–Kier alpha value is -4.40. The molecule has 0 saturated heterocycles. The molecule has 43 heavy (non-hydrogen) atoms. The number of ether oxygens (including phenoxy) is 1. The van der Waals surface area contributed by atoms with Crippen LogP contribution in [0, 0.1) is 34.9 Å². The van der Waals surface area contributed by atoms with Gasteiger partial charge in [-0.25, -0.2) is 26.3 Å². The normalized spacial score (nSPS) is 11.7. The number of unbranched alkanes of at least 4 members (excludes halogenated alkanes) is 2. The molecule has 0 amide bonds. The van der Waals surface area contributed by atoms with Crippen LogP contribution < -0.4 is 4.74 Å². The van der Waals surface area contributed by atoms with Crippen molar-refractivity contribution in [2.24, 2.45) is 0 Å². The summed E-state index contributed by atoms with van der Waals surface area (Å²) in [6.07, 6.45) is -0.347. The molecule has 0 atom stereocenters. The number of benzene rings is 5. The third-order valence-electron chi connectivity index (χ3n) is 7.16. The van der Waals surface area contributed by atoms with Crippen LogP contribution in [0.4, 0.5) is 35.1 Å². The van der Waals surface area contributed by atoms with Crippen molar-refractivity contribution in [3.8, 4) is 28.0 Å². The second kappa shape index (κ2) is 12.1. The molecular weight excluding hydrogens is 576 g/mol. The summed E-state index contributed by atoms with van der Waals surface area (Å²) in [7, 11) is 0. The van der Waals surface area contributed by atoms with Gasteiger partial charge in [0, 0.05) is 10.9 Å². The lowest BCUT2D eigenvalue weighted by molar-refractivity contribution is -0.189. The van der Waals surface area contributed by atoms with Crippen molar-refractivity contribution in [1.29, 1.82) is 0 Å². The molecule has 5 rings (SSSR count). The molecule has 0 aliphatic rings. The summed E-state index contributed by atoms with van der Waals surface area (Å²) in [5, 5.41) is -0.730. The topological polar surface area (TPSA) is 9.23 Å². The first kappa shape index (κ1) is 30.1. The first-order valence-electron chi connectivity index (χ1n) is 13.5. The Kier molecular flexibility index (Phi) is 8.44. The number of rotatable bonds is 9. The maximum absolute atomic E-state index is 15.1. The van der Waals surface area contributed by atoms with E-state index in [0.29, 0.717) is 23.8 Å². The van der Waals surface area contributed by atoms with E-state index in [1.165, 1.54) is 12.1 Å². The number of hydrogen-bond donors (Lipinski definition) is 0. The Bertz CT molecular complexity index is 1770. The summed E-state index contributed by atoms with van der Waals surface area (Å²) < 4.78 is 120. The molecule has 1 nitrogen and oxygen atoms in total. The lowest BCUT2D eigenvalue weighted by Crippen LogP contribution is -2.25. The minimum absolute atomic E-state index is 0.209. The molecule has 0 unspecified atom stereocenters. The van der Waals surface area contributed by atoms with Gasteiger partial charge in [-0.2, -0.15) is 8.78 Å². The fraction of sp³-hybridized carbons (Fsp3) is 0.176. The molecule has 0 heterocycles. The molecule has 0 N–H and O–H groups in total. The average Bonchev–Trinajstić information content (AvgIpc) is 2.95. The van der Waals surface area contributed by atoms with Gasteiger partial charge in [-0.3, -0.25) is 0 Å².